The summed E-state index contributed by atoms with van der Waals surface area (Å²) in [7, 11) is -3.45. The molecule has 2 rings (SSSR count). The lowest BCUT2D eigenvalue weighted by atomic mass is 10.1. The largest absolute Gasteiger partial charge is 0.321 e. The molecule has 0 radical (unpaired) electrons. The SMILES string of the molecule is NC1CCCN(S(=O)(=O)N2CCCC2)CC1=O. The first-order valence-corrected chi connectivity index (χ1v) is 7.45. The molecule has 98 valence electrons. The Morgan fingerprint density at radius 1 is 1.06 bits per heavy atom. The summed E-state index contributed by atoms with van der Waals surface area (Å²) >= 11 is 0. The van der Waals surface area contributed by atoms with Crippen LogP contribution in [0.2, 0.25) is 0 Å². The van der Waals surface area contributed by atoms with Gasteiger partial charge in [0, 0.05) is 19.6 Å². The van der Waals surface area contributed by atoms with Crippen LogP contribution in [0, 0.1) is 0 Å². The molecule has 0 aliphatic carbocycles. The molecule has 1 atom stereocenters. The minimum Gasteiger partial charge on any atom is -0.321 e. The number of Topliss-reactive ketones (excluding diaryl/α,β-unsaturated/α-hetero) is 1. The molecular formula is C10H19N3O3S. The molecule has 2 fully saturated rings. The fourth-order valence-corrected chi connectivity index (χ4v) is 3.99. The van der Waals surface area contributed by atoms with Gasteiger partial charge in [-0.05, 0) is 25.7 Å². The van der Waals surface area contributed by atoms with Crippen LogP contribution < -0.4 is 5.73 Å². The van der Waals surface area contributed by atoms with E-state index in [1.54, 1.807) is 0 Å². The second-order valence-electron chi connectivity index (χ2n) is 4.66. The average molecular weight is 261 g/mol. The first-order valence-electron chi connectivity index (χ1n) is 6.05. The van der Waals surface area contributed by atoms with Crippen molar-refractivity contribution >= 4 is 16.0 Å². The molecule has 1 unspecified atom stereocenters. The van der Waals surface area contributed by atoms with Gasteiger partial charge < -0.3 is 5.73 Å². The number of hydrogen-bond donors (Lipinski definition) is 1. The van der Waals surface area contributed by atoms with E-state index in [1.165, 1.54) is 8.61 Å². The number of hydrogen-bond acceptors (Lipinski definition) is 4. The Morgan fingerprint density at radius 3 is 2.29 bits per heavy atom. The van der Waals surface area contributed by atoms with E-state index < -0.39 is 16.3 Å². The van der Waals surface area contributed by atoms with Gasteiger partial charge in [0.15, 0.2) is 5.78 Å². The molecule has 0 aromatic carbocycles. The third-order valence-corrected chi connectivity index (χ3v) is 5.37. The highest BCUT2D eigenvalue weighted by Gasteiger charge is 2.34. The number of carbonyl (C=O) groups is 1. The number of ketones is 1. The molecule has 0 aromatic heterocycles. The molecule has 2 heterocycles. The number of nitrogens with zero attached hydrogens (tertiary/aromatic N) is 2. The van der Waals surface area contributed by atoms with Crippen LogP contribution in [0.15, 0.2) is 0 Å². The van der Waals surface area contributed by atoms with E-state index in [4.69, 9.17) is 5.73 Å². The number of nitrogens with two attached hydrogens (primary N) is 1. The number of rotatable bonds is 2. The van der Waals surface area contributed by atoms with Crippen molar-refractivity contribution in [3.63, 3.8) is 0 Å². The normalized spacial score (nSPS) is 29.5. The molecule has 0 aromatic rings. The van der Waals surface area contributed by atoms with Gasteiger partial charge >= 0.3 is 0 Å². The molecule has 2 aliphatic heterocycles. The molecular weight excluding hydrogens is 242 g/mol. The van der Waals surface area contributed by atoms with Crippen LogP contribution in [0.25, 0.3) is 0 Å². The van der Waals surface area contributed by atoms with E-state index in [0.29, 0.717) is 32.5 Å². The highest BCUT2D eigenvalue weighted by molar-refractivity contribution is 7.86. The molecule has 17 heavy (non-hydrogen) atoms. The van der Waals surface area contributed by atoms with Gasteiger partial charge in [0.25, 0.3) is 10.2 Å². The predicted molar refractivity (Wildman–Crippen MR) is 63.5 cm³/mol. The van der Waals surface area contributed by atoms with Crippen molar-refractivity contribution in [2.24, 2.45) is 5.73 Å². The first-order chi connectivity index (χ1) is 8.01. The molecule has 2 N–H and O–H groups in total. The van der Waals surface area contributed by atoms with Crippen molar-refractivity contribution < 1.29 is 13.2 Å². The Hall–Kier alpha value is -0.500. The smallest absolute Gasteiger partial charge is 0.282 e. The zero-order valence-corrected chi connectivity index (χ0v) is 10.7. The second kappa shape index (κ2) is 5.01. The highest BCUT2D eigenvalue weighted by atomic mass is 32.2. The summed E-state index contributed by atoms with van der Waals surface area (Å²) in [6.07, 6.45) is 3.03. The van der Waals surface area contributed by atoms with Gasteiger partial charge in [-0.1, -0.05) is 0 Å². The highest BCUT2D eigenvalue weighted by Crippen LogP contribution is 2.19. The fourth-order valence-electron chi connectivity index (χ4n) is 2.30. The third kappa shape index (κ3) is 2.67. The van der Waals surface area contributed by atoms with E-state index in [9.17, 15) is 13.2 Å². The maximum atomic E-state index is 12.3. The minimum atomic E-state index is -3.45. The molecule has 2 saturated heterocycles. The van der Waals surface area contributed by atoms with Crippen molar-refractivity contribution in [2.75, 3.05) is 26.2 Å². The molecule has 7 heteroatoms. The predicted octanol–water partition coefficient (Wildman–Crippen LogP) is -0.681. The summed E-state index contributed by atoms with van der Waals surface area (Å²) in [5.41, 5.74) is 5.65. The van der Waals surface area contributed by atoms with Crippen LogP contribution in [0.1, 0.15) is 25.7 Å². The van der Waals surface area contributed by atoms with Crippen molar-refractivity contribution in [1.82, 2.24) is 8.61 Å². The van der Waals surface area contributed by atoms with Crippen molar-refractivity contribution in [3.05, 3.63) is 0 Å². The molecule has 0 bridgehead atoms. The van der Waals surface area contributed by atoms with Crippen molar-refractivity contribution in [2.45, 2.75) is 31.7 Å². The standard InChI is InChI=1S/C10H19N3O3S/c11-9-4-3-7-13(8-10(9)14)17(15,16)12-5-1-2-6-12/h9H,1-8,11H2. The Balaban J connectivity index is 2.12. The van der Waals surface area contributed by atoms with Crippen LogP contribution in [-0.2, 0) is 15.0 Å². The van der Waals surface area contributed by atoms with Crippen LogP contribution >= 0.6 is 0 Å². The maximum absolute atomic E-state index is 12.3. The Morgan fingerprint density at radius 2 is 1.65 bits per heavy atom. The zero-order valence-electron chi connectivity index (χ0n) is 9.84. The lowest BCUT2D eigenvalue weighted by Crippen LogP contribution is -2.45. The van der Waals surface area contributed by atoms with Crippen molar-refractivity contribution in [1.29, 1.82) is 0 Å². The first kappa shape index (κ1) is 12.9. The molecule has 0 amide bonds. The summed E-state index contributed by atoms with van der Waals surface area (Å²) in [4.78, 5) is 11.6. The molecule has 6 nitrogen and oxygen atoms in total. The monoisotopic (exact) mass is 261 g/mol. The Labute approximate surface area is 102 Å². The van der Waals surface area contributed by atoms with E-state index in [1.807, 2.05) is 0 Å². The van der Waals surface area contributed by atoms with Crippen LogP contribution in [0.4, 0.5) is 0 Å². The average Bonchev–Trinajstić information content (AvgIpc) is 2.75. The van der Waals surface area contributed by atoms with Gasteiger partial charge in [-0.2, -0.15) is 17.0 Å². The Kier molecular flexibility index (Phi) is 3.82. The van der Waals surface area contributed by atoms with E-state index >= 15 is 0 Å². The van der Waals surface area contributed by atoms with Gasteiger partial charge in [-0.3, -0.25) is 4.79 Å². The molecule has 0 spiro atoms. The van der Waals surface area contributed by atoms with E-state index in [-0.39, 0.29) is 12.3 Å². The Bertz CT molecular complexity index is 390. The summed E-state index contributed by atoms with van der Waals surface area (Å²) in [5.74, 6) is -0.176. The molecule has 0 saturated carbocycles. The summed E-state index contributed by atoms with van der Waals surface area (Å²) < 4.78 is 27.3. The summed E-state index contributed by atoms with van der Waals surface area (Å²) in [6, 6.07) is -0.506. The minimum absolute atomic E-state index is 0.0694. The van der Waals surface area contributed by atoms with Gasteiger partial charge in [-0.15, -0.1) is 0 Å². The van der Waals surface area contributed by atoms with Crippen LogP contribution in [0.3, 0.4) is 0 Å². The summed E-state index contributed by atoms with van der Waals surface area (Å²) in [6.45, 7) is 1.47. The van der Waals surface area contributed by atoms with Crippen LogP contribution in [0.5, 0.6) is 0 Å². The topological polar surface area (TPSA) is 83.7 Å². The van der Waals surface area contributed by atoms with E-state index in [2.05, 4.69) is 0 Å². The lowest BCUT2D eigenvalue weighted by molar-refractivity contribution is -0.120. The van der Waals surface area contributed by atoms with Gasteiger partial charge in [-0.25, -0.2) is 0 Å². The van der Waals surface area contributed by atoms with Crippen molar-refractivity contribution in [3.8, 4) is 0 Å². The second-order valence-corrected chi connectivity index (χ2v) is 6.59. The summed E-state index contributed by atoms with van der Waals surface area (Å²) in [5, 5.41) is 0. The van der Waals surface area contributed by atoms with Gasteiger partial charge in [0.1, 0.15) is 0 Å². The third-order valence-electron chi connectivity index (χ3n) is 3.39. The fraction of sp³-hybridized carbons (Fsp3) is 0.900. The van der Waals surface area contributed by atoms with Gasteiger partial charge in [0.2, 0.25) is 0 Å². The molecule has 2 aliphatic rings. The van der Waals surface area contributed by atoms with E-state index in [0.717, 1.165) is 12.8 Å². The zero-order chi connectivity index (χ0) is 12.5. The quantitative estimate of drug-likeness (QED) is 0.714. The number of carbonyl (C=O) groups excluding carboxylic acids is 1. The maximum Gasteiger partial charge on any atom is 0.282 e. The van der Waals surface area contributed by atoms with Crippen LogP contribution in [-0.4, -0.2) is 55.0 Å². The van der Waals surface area contributed by atoms with Gasteiger partial charge in [0.05, 0.1) is 12.6 Å². The lowest BCUT2D eigenvalue weighted by Gasteiger charge is -2.25.